The van der Waals surface area contributed by atoms with Crippen LogP contribution in [0.5, 0.6) is 0 Å². The molecule has 11 heteroatoms. The number of rotatable bonds is 4. The van der Waals surface area contributed by atoms with Crippen molar-refractivity contribution >= 4 is 11.6 Å². The van der Waals surface area contributed by atoms with Gasteiger partial charge in [0.25, 0.3) is 5.91 Å². The van der Waals surface area contributed by atoms with Gasteiger partial charge in [0.2, 0.25) is 0 Å². The van der Waals surface area contributed by atoms with Crippen LogP contribution in [0.25, 0.3) is 5.65 Å². The Hall–Kier alpha value is -3.05. The number of aliphatic hydroxyl groups excluding tert-OH is 1. The first-order valence-corrected chi connectivity index (χ1v) is 10.7. The summed E-state index contributed by atoms with van der Waals surface area (Å²) in [5, 5.41) is 18.0. The van der Waals surface area contributed by atoms with E-state index >= 15 is 0 Å². The molecule has 1 aliphatic carbocycles. The molecule has 3 aromatic rings. The molecular weight excluding hydrogens is 439 g/mol. The number of carbonyl (C=O) groups is 1. The number of aliphatic hydroxyl groups is 1. The number of hydrogen-bond donors (Lipinski definition) is 2. The van der Waals surface area contributed by atoms with E-state index in [0.29, 0.717) is 23.5 Å². The molecule has 0 radical (unpaired) electrons. The molecule has 4 heterocycles. The summed E-state index contributed by atoms with van der Waals surface area (Å²) in [6, 6.07) is 2.07. The number of amides is 1. The molecule has 2 aliphatic rings. The summed E-state index contributed by atoms with van der Waals surface area (Å²) in [5.41, 5.74) is -0.101. The molecule has 33 heavy (non-hydrogen) atoms. The van der Waals surface area contributed by atoms with Crippen molar-refractivity contribution in [2.24, 2.45) is 0 Å². The van der Waals surface area contributed by atoms with Gasteiger partial charge in [-0.1, -0.05) is 0 Å². The highest BCUT2D eigenvalue weighted by molar-refractivity contribution is 6.01. The number of hydrogen-bond acceptors (Lipinski definition) is 6. The van der Waals surface area contributed by atoms with Gasteiger partial charge in [-0.25, -0.2) is 9.50 Å². The van der Waals surface area contributed by atoms with Gasteiger partial charge < -0.3 is 15.2 Å². The minimum absolute atomic E-state index is 0.0975. The predicted octanol–water partition coefficient (Wildman–Crippen LogP) is 2.74. The second kappa shape index (κ2) is 7.77. The molecule has 0 unspecified atom stereocenters. The Bertz CT molecular complexity index is 1210. The predicted molar refractivity (Wildman–Crippen MR) is 110 cm³/mol. The van der Waals surface area contributed by atoms with Crippen LogP contribution in [0.4, 0.5) is 13.2 Å². The van der Waals surface area contributed by atoms with Gasteiger partial charge in [0.05, 0.1) is 23.6 Å². The lowest BCUT2D eigenvalue weighted by Crippen LogP contribution is -2.59. The summed E-state index contributed by atoms with van der Waals surface area (Å²) in [7, 11) is 0. The van der Waals surface area contributed by atoms with E-state index in [2.05, 4.69) is 20.4 Å². The number of aromatic nitrogens is 4. The van der Waals surface area contributed by atoms with Gasteiger partial charge in [-0.15, -0.1) is 0 Å². The number of nitrogens with zero attached hydrogens (tertiary/aromatic N) is 4. The van der Waals surface area contributed by atoms with Crippen molar-refractivity contribution in [3.05, 3.63) is 58.8 Å². The number of aryl methyl sites for hydroxylation is 1. The lowest BCUT2D eigenvalue weighted by atomic mass is 9.83. The molecule has 1 aliphatic heterocycles. The van der Waals surface area contributed by atoms with E-state index in [0.717, 1.165) is 24.5 Å². The maximum atomic E-state index is 13.4. The molecule has 3 aromatic heterocycles. The number of pyridine rings is 1. The molecule has 0 spiro atoms. The van der Waals surface area contributed by atoms with Gasteiger partial charge in [0.1, 0.15) is 17.2 Å². The summed E-state index contributed by atoms with van der Waals surface area (Å²) in [6.07, 6.45) is 0.878. The second-order valence-electron chi connectivity index (χ2n) is 8.59. The summed E-state index contributed by atoms with van der Waals surface area (Å²) in [5.74, 6) is -0.0769. The molecule has 8 nitrogen and oxygen atoms in total. The van der Waals surface area contributed by atoms with E-state index in [4.69, 9.17) is 4.74 Å². The molecule has 174 valence electrons. The quantitative estimate of drug-likeness (QED) is 0.620. The fraction of sp³-hybridized carbons (Fsp3) is 0.455. The second-order valence-corrected chi connectivity index (χ2v) is 8.59. The van der Waals surface area contributed by atoms with Crippen molar-refractivity contribution in [1.82, 2.24) is 24.9 Å². The smallest absolute Gasteiger partial charge is 0.388 e. The summed E-state index contributed by atoms with van der Waals surface area (Å²) < 4.78 is 45.9. The largest absolute Gasteiger partial charge is 0.417 e. The zero-order valence-corrected chi connectivity index (χ0v) is 17.8. The Labute approximate surface area is 186 Å². The monoisotopic (exact) mass is 461 g/mol. The van der Waals surface area contributed by atoms with Gasteiger partial charge in [-0.3, -0.25) is 9.78 Å². The van der Waals surface area contributed by atoms with Gasteiger partial charge >= 0.3 is 6.18 Å². The van der Waals surface area contributed by atoms with E-state index in [-0.39, 0.29) is 30.9 Å². The summed E-state index contributed by atoms with van der Waals surface area (Å²) in [6.45, 7) is 1.78. The van der Waals surface area contributed by atoms with Gasteiger partial charge in [-0.2, -0.15) is 18.3 Å². The van der Waals surface area contributed by atoms with E-state index in [1.54, 1.807) is 17.6 Å². The number of carbonyl (C=O) groups excluding carboxylic acids is 1. The van der Waals surface area contributed by atoms with Crippen LogP contribution in [0.15, 0.2) is 30.7 Å². The van der Waals surface area contributed by atoms with E-state index in [1.807, 2.05) is 6.20 Å². The van der Waals surface area contributed by atoms with Crippen LogP contribution in [0.1, 0.15) is 58.1 Å². The van der Waals surface area contributed by atoms with Gasteiger partial charge in [-0.05, 0) is 43.4 Å². The van der Waals surface area contributed by atoms with Crippen molar-refractivity contribution in [1.29, 1.82) is 0 Å². The number of fused-ring (bicyclic) bond motifs is 1. The van der Waals surface area contributed by atoms with Crippen molar-refractivity contribution in [3.63, 3.8) is 0 Å². The third-order valence-electron chi connectivity index (χ3n) is 6.31. The highest BCUT2D eigenvalue weighted by Crippen LogP contribution is 2.40. The van der Waals surface area contributed by atoms with Crippen LogP contribution >= 0.6 is 0 Å². The zero-order chi connectivity index (χ0) is 23.4. The van der Waals surface area contributed by atoms with Crippen LogP contribution in [0, 0.1) is 6.92 Å². The fourth-order valence-corrected chi connectivity index (χ4v) is 4.29. The van der Waals surface area contributed by atoms with Crippen LogP contribution in [0.3, 0.4) is 0 Å². The minimum Gasteiger partial charge on any atom is -0.388 e. The minimum atomic E-state index is -4.55. The average Bonchev–Trinajstić information content (AvgIpc) is 3.56. The molecular formula is C22H22F3N5O3. The highest BCUT2D eigenvalue weighted by atomic mass is 19.4. The van der Waals surface area contributed by atoms with Crippen LogP contribution in [-0.4, -0.2) is 49.9 Å². The lowest BCUT2D eigenvalue weighted by molar-refractivity contribution is -0.137. The molecule has 5 rings (SSSR count). The van der Waals surface area contributed by atoms with Crippen molar-refractivity contribution in [3.8, 4) is 0 Å². The molecule has 0 bridgehead atoms. The first-order valence-electron chi connectivity index (χ1n) is 10.7. The van der Waals surface area contributed by atoms with Gasteiger partial charge in [0.15, 0.2) is 5.65 Å². The number of alkyl halides is 3. The van der Waals surface area contributed by atoms with Gasteiger partial charge in [0, 0.05) is 31.6 Å². The highest BCUT2D eigenvalue weighted by Gasteiger charge is 2.46. The van der Waals surface area contributed by atoms with E-state index < -0.39 is 29.3 Å². The van der Waals surface area contributed by atoms with Crippen LogP contribution in [-0.2, 0) is 16.5 Å². The van der Waals surface area contributed by atoms with Crippen LogP contribution < -0.4 is 5.32 Å². The first-order chi connectivity index (χ1) is 15.7. The molecule has 2 atom stereocenters. The number of nitrogens with one attached hydrogen (secondary N) is 1. The molecule has 1 saturated carbocycles. The number of halogens is 3. The Morgan fingerprint density at radius 2 is 2.06 bits per heavy atom. The Kier molecular flexibility index (Phi) is 5.13. The third kappa shape index (κ3) is 3.84. The Balaban J connectivity index is 1.51. The summed E-state index contributed by atoms with van der Waals surface area (Å²) in [4.78, 5) is 21.8. The maximum absolute atomic E-state index is 13.4. The van der Waals surface area contributed by atoms with Crippen LogP contribution in [0.2, 0.25) is 0 Å². The lowest BCUT2D eigenvalue weighted by Gasteiger charge is -2.41. The summed E-state index contributed by atoms with van der Waals surface area (Å²) >= 11 is 0. The Morgan fingerprint density at radius 1 is 1.27 bits per heavy atom. The van der Waals surface area contributed by atoms with E-state index in [1.165, 1.54) is 6.07 Å². The molecule has 1 amide bonds. The van der Waals surface area contributed by atoms with Crippen molar-refractivity contribution in [2.75, 3.05) is 13.2 Å². The Morgan fingerprint density at radius 3 is 2.70 bits per heavy atom. The number of ether oxygens (including phenoxy) is 1. The fourth-order valence-electron chi connectivity index (χ4n) is 4.29. The average molecular weight is 461 g/mol. The first kappa shape index (κ1) is 21.8. The zero-order valence-electron chi connectivity index (χ0n) is 17.8. The molecule has 1 saturated heterocycles. The topological polar surface area (TPSA) is 102 Å². The van der Waals surface area contributed by atoms with Crippen molar-refractivity contribution in [2.45, 2.75) is 49.9 Å². The molecule has 2 N–H and O–H groups in total. The SMILES string of the molecule is Cc1nn2cc(C3CC3)cnc2c1C(=O)N[C@@]1(c2ccc(C(F)(F)F)cn2)CCOC[C@@H]1O. The normalized spacial score (nSPS) is 23.6. The van der Waals surface area contributed by atoms with Crippen molar-refractivity contribution < 1.29 is 27.8 Å². The van der Waals surface area contributed by atoms with E-state index in [9.17, 15) is 23.1 Å². The maximum Gasteiger partial charge on any atom is 0.417 e. The molecule has 0 aromatic carbocycles. The molecule has 2 fully saturated rings. The third-order valence-corrected chi connectivity index (χ3v) is 6.31. The standard InChI is InChI=1S/C22H22F3N5O3/c1-12-18(19-27-8-14(13-2-3-13)10-30(19)29-12)20(32)28-21(6-7-33-11-17(21)31)16-5-4-15(9-26-16)22(23,24)25/h4-5,8-10,13,17,31H,2-3,6-7,11H2,1H3,(H,28,32)/t17-,21+/m0/s1.